The van der Waals surface area contributed by atoms with E-state index in [1.807, 2.05) is 23.9 Å². The van der Waals surface area contributed by atoms with E-state index in [1.165, 1.54) is 5.56 Å². The van der Waals surface area contributed by atoms with Crippen LogP contribution < -0.4 is 10.1 Å². The molecule has 0 saturated carbocycles. The Labute approximate surface area is 129 Å². The van der Waals surface area contributed by atoms with Crippen LogP contribution in [0.1, 0.15) is 32.8 Å². The standard InChI is InChI=1S/C15H24BrNOS/c1-5-8-18-14-7-6-13(16)9-12(14)10-17-11-15(2,3)19-4/h6-7,9,17H,5,8,10-11H2,1-4H3. The van der Waals surface area contributed by atoms with Gasteiger partial charge in [0.05, 0.1) is 6.61 Å². The second-order valence-electron chi connectivity index (χ2n) is 5.17. The number of ether oxygens (including phenoxy) is 1. The minimum atomic E-state index is 0.260. The summed E-state index contributed by atoms with van der Waals surface area (Å²) in [7, 11) is 0. The molecule has 19 heavy (non-hydrogen) atoms. The van der Waals surface area contributed by atoms with E-state index in [4.69, 9.17) is 4.74 Å². The molecule has 1 N–H and O–H groups in total. The van der Waals surface area contributed by atoms with Crippen LogP contribution in [0.2, 0.25) is 0 Å². The Balaban J connectivity index is 2.62. The smallest absolute Gasteiger partial charge is 0.123 e. The van der Waals surface area contributed by atoms with Crippen LogP contribution in [0.4, 0.5) is 0 Å². The van der Waals surface area contributed by atoms with Crippen LogP contribution in [-0.4, -0.2) is 24.2 Å². The summed E-state index contributed by atoms with van der Waals surface area (Å²) < 4.78 is 7.14. The van der Waals surface area contributed by atoms with Crippen molar-refractivity contribution in [2.45, 2.75) is 38.5 Å². The fraction of sp³-hybridized carbons (Fsp3) is 0.600. The van der Waals surface area contributed by atoms with E-state index in [0.29, 0.717) is 0 Å². The van der Waals surface area contributed by atoms with Crippen LogP contribution >= 0.6 is 27.7 Å². The van der Waals surface area contributed by atoms with Gasteiger partial charge in [-0.1, -0.05) is 22.9 Å². The van der Waals surface area contributed by atoms with Gasteiger partial charge in [0.25, 0.3) is 0 Å². The summed E-state index contributed by atoms with van der Waals surface area (Å²) in [6, 6.07) is 6.20. The van der Waals surface area contributed by atoms with Gasteiger partial charge in [-0.05, 0) is 44.7 Å². The van der Waals surface area contributed by atoms with E-state index < -0.39 is 0 Å². The average molecular weight is 346 g/mol. The normalized spacial score (nSPS) is 11.6. The summed E-state index contributed by atoms with van der Waals surface area (Å²) in [4.78, 5) is 0. The van der Waals surface area contributed by atoms with Gasteiger partial charge in [0.1, 0.15) is 5.75 Å². The fourth-order valence-corrected chi connectivity index (χ4v) is 2.26. The maximum Gasteiger partial charge on any atom is 0.123 e. The average Bonchev–Trinajstić information content (AvgIpc) is 2.38. The molecule has 0 fully saturated rings. The van der Waals surface area contributed by atoms with Crippen molar-refractivity contribution in [2.24, 2.45) is 0 Å². The van der Waals surface area contributed by atoms with E-state index >= 15 is 0 Å². The lowest BCUT2D eigenvalue weighted by Gasteiger charge is -2.22. The minimum absolute atomic E-state index is 0.260. The summed E-state index contributed by atoms with van der Waals surface area (Å²) in [5.74, 6) is 0.986. The van der Waals surface area contributed by atoms with Gasteiger partial charge in [0, 0.05) is 27.9 Å². The molecule has 2 nitrogen and oxygen atoms in total. The molecule has 0 spiro atoms. The number of halogens is 1. The Morgan fingerprint density at radius 2 is 2.11 bits per heavy atom. The van der Waals surface area contributed by atoms with Crippen LogP contribution in [0.3, 0.4) is 0 Å². The number of hydrogen-bond donors (Lipinski definition) is 1. The van der Waals surface area contributed by atoms with Gasteiger partial charge in [-0.3, -0.25) is 0 Å². The largest absolute Gasteiger partial charge is 0.493 e. The van der Waals surface area contributed by atoms with Crippen molar-refractivity contribution in [1.82, 2.24) is 5.32 Å². The molecular formula is C15H24BrNOS. The zero-order valence-corrected chi connectivity index (χ0v) is 14.7. The third kappa shape index (κ3) is 6.19. The molecule has 0 heterocycles. The first-order chi connectivity index (χ1) is 8.98. The topological polar surface area (TPSA) is 21.3 Å². The van der Waals surface area contributed by atoms with Crippen molar-refractivity contribution in [3.63, 3.8) is 0 Å². The van der Waals surface area contributed by atoms with E-state index in [9.17, 15) is 0 Å². The first-order valence-electron chi connectivity index (χ1n) is 6.65. The number of rotatable bonds is 8. The van der Waals surface area contributed by atoms with E-state index in [-0.39, 0.29) is 4.75 Å². The Morgan fingerprint density at radius 1 is 1.37 bits per heavy atom. The Bertz CT molecular complexity index is 396. The lowest BCUT2D eigenvalue weighted by Crippen LogP contribution is -2.31. The quantitative estimate of drug-likeness (QED) is 0.750. The molecule has 0 unspecified atom stereocenters. The second kappa shape index (κ2) is 8.18. The summed E-state index contributed by atoms with van der Waals surface area (Å²) in [5.41, 5.74) is 1.21. The van der Waals surface area contributed by atoms with Gasteiger partial charge in [-0.15, -0.1) is 0 Å². The Hall–Kier alpha value is -0.190. The van der Waals surface area contributed by atoms with Crippen LogP contribution in [0.25, 0.3) is 0 Å². The Morgan fingerprint density at radius 3 is 2.74 bits per heavy atom. The molecule has 0 saturated heterocycles. The summed E-state index contributed by atoms with van der Waals surface area (Å²) in [5, 5.41) is 3.52. The molecule has 0 radical (unpaired) electrons. The van der Waals surface area contributed by atoms with Crippen LogP contribution in [-0.2, 0) is 6.54 Å². The van der Waals surface area contributed by atoms with Crippen molar-refractivity contribution in [2.75, 3.05) is 19.4 Å². The van der Waals surface area contributed by atoms with Crippen molar-refractivity contribution in [3.8, 4) is 5.75 Å². The second-order valence-corrected chi connectivity index (χ2v) is 7.60. The number of hydrogen-bond acceptors (Lipinski definition) is 3. The van der Waals surface area contributed by atoms with Gasteiger partial charge in [-0.25, -0.2) is 0 Å². The molecule has 0 atom stereocenters. The molecule has 1 rings (SSSR count). The highest BCUT2D eigenvalue weighted by Gasteiger charge is 2.15. The molecule has 0 aliphatic rings. The van der Waals surface area contributed by atoms with Crippen molar-refractivity contribution in [1.29, 1.82) is 0 Å². The zero-order chi connectivity index (χ0) is 14.3. The minimum Gasteiger partial charge on any atom is -0.493 e. The van der Waals surface area contributed by atoms with E-state index in [1.54, 1.807) is 0 Å². The molecule has 0 aliphatic heterocycles. The molecule has 0 bridgehead atoms. The maximum absolute atomic E-state index is 5.78. The number of nitrogens with one attached hydrogen (secondary N) is 1. The highest BCUT2D eigenvalue weighted by atomic mass is 79.9. The van der Waals surface area contributed by atoms with Gasteiger partial charge in [-0.2, -0.15) is 11.8 Å². The summed E-state index contributed by atoms with van der Waals surface area (Å²) in [6.07, 6.45) is 3.18. The van der Waals surface area contributed by atoms with Gasteiger partial charge in [0.2, 0.25) is 0 Å². The maximum atomic E-state index is 5.78. The van der Waals surface area contributed by atoms with Gasteiger partial charge >= 0.3 is 0 Å². The van der Waals surface area contributed by atoms with Crippen molar-refractivity contribution < 1.29 is 4.74 Å². The molecule has 0 aliphatic carbocycles. The SMILES string of the molecule is CCCOc1ccc(Br)cc1CNCC(C)(C)SC. The van der Waals surface area contributed by atoms with Crippen molar-refractivity contribution in [3.05, 3.63) is 28.2 Å². The number of benzene rings is 1. The molecule has 1 aromatic rings. The zero-order valence-electron chi connectivity index (χ0n) is 12.3. The van der Waals surface area contributed by atoms with E-state index in [2.05, 4.69) is 54.3 Å². The van der Waals surface area contributed by atoms with Gasteiger partial charge in [0.15, 0.2) is 0 Å². The number of thioether (sulfide) groups is 1. The van der Waals surface area contributed by atoms with E-state index in [0.717, 1.165) is 36.3 Å². The first-order valence-corrected chi connectivity index (χ1v) is 8.67. The third-order valence-corrected chi connectivity index (χ3v) is 4.65. The predicted octanol–water partition coefficient (Wildman–Crippen LogP) is 4.47. The highest BCUT2D eigenvalue weighted by Crippen LogP contribution is 2.24. The van der Waals surface area contributed by atoms with Crippen LogP contribution in [0.5, 0.6) is 5.75 Å². The lowest BCUT2D eigenvalue weighted by molar-refractivity contribution is 0.313. The third-order valence-electron chi connectivity index (χ3n) is 2.90. The summed E-state index contributed by atoms with van der Waals surface area (Å²) in [6.45, 7) is 9.21. The predicted molar refractivity (Wildman–Crippen MR) is 89.2 cm³/mol. The lowest BCUT2D eigenvalue weighted by atomic mass is 10.1. The molecule has 108 valence electrons. The molecule has 1 aromatic carbocycles. The highest BCUT2D eigenvalue weighted by molar-refractivity contribution is 9.10. The molecular weight excluding hydrogens is 322 g/mol. The molecule has 4 heteroatoms. The fourth-order valence-electron chi connectivity index (χ4n) is 1.61. The molecule has 0 amide bonds. The van der Waals surface area contributed by atoms with Crippen LogP contribution in [0, 0.1) is 0 Å². The Kier molecular flexibility index (Phi) is 7.26. The molecule has 0 aromatic heterocycles. The monoisotopic (exact) mass is 345 g/mol. The van der Waals surface area contributed by atoms with Crippen LogP contribution in [0.15, 0.2) is 22.7 Å². The van der Waals surface area contributed by atoms with Crippen molar-refractivity contribution >= 4 is 27.7 Å². The van der Waals surface area contributed by atoms with Gasteiger partial charge < -0.3 is 10.1 Å². The summed E-state index contributed by atoms with van der Waals surface area (Å²) >= 11 is 5.40. The first kappa shape index (κ1) is 16.9.